The summed E-state index contributed by atoms with van der Waals surface area (Å²) in [5.41, 5.74) is 5.21. The van der Waals surface area contributed by atoms with Gasteiger partial charge in [0, 0.05) is 29.8 Å². The Hall–Kier alpha value is -3.25. The molecule has 0 aliphatic rings. The minimum Gasteiger partial charge on any atom is -0.421 e. The molecule has 4 rings (SSSR count). The minimum absolute atomic E-state index is 0.266. The van der Waals surface area contributed by atoms with Crippen molar-refractivity contribution in [1.29, 1.82) is 0 Å². The standard InChI is InChI=1S/C27H25BrFN3O/c1-19-8-9-21(16-24(19)28)17-27-31-30-26(33-27)13-11-22-10-12-23(29)18-25(22)32(2)15-14-20-6-4-3-5-7-20/h3-13,16,18H,14-15,17H2,1-2H3/b13-11+. The summed E-state index contributed by atoms with van der Waals surface area (Å²) in [5, 5.41) is 8.29. The summed E-state index contributed by atoms with van der Waals surface area (Å²) in [6.07, 6.45) is 5.08. The first kappa shape index (κ1) is 22.9. The van der Waals surface area contributed by atoms with Crippen molar-refractivity contribution >= 4 is 33.8 Å². The Labute approximate surface area is 201 Å². The summed E-state index contributed by atoms with van der Waals surface area (Å²) in [4.78, 5) is 2.06. The molecule has 0 radical (unpaired) electrons. The van der Waals surface area contributed by atoms with E-state index in [-0.39, 0.29) is 5.82 Å². The molecule has 0 amide bonds. The van der Waals surface area contributed by atoms with E-state index in [9.17, 15) is 4.39 Å². The Morgan fingerprint density at radius 2 is 1.79 bits per heavy atom. The van der Waals surface area contributed by atoms with Crippen LogP contribution in [0.1, 0.15) is 34.0 Å². The monoisotopic (exact) mass is 505 g/mol. The van der Waals surface area contributed by atoms with Gasteiger partial charge in [0.05, 0.1) is 6.42 Å². The zero-order valence-corrected chi connectivity index (χ0v) is 20.2. The Kier molecular flexibility index (Phi) is 7.35. The maximum Gasteiger partial charge on any atom is 0.240 e. The molecule has 4 aromatic rings. The Morgan fingerprint density at radius 3 is 2.58 bits per heavy atom. The molecule has 6 heteroatoms. The first-order valence-electron chi connectivity index (χ1n) is 10.8. The first-order valence-corrected chi connectivity index (χ1v) is 11.6. The predicted molar refractivity (Wildman–Crippen MR) is 135 cm³/mol. The van der Waals surface area contributed by atoms with Crippen molar-refractivity contribution in [2.45, 2.75) is 19.8 Å². The van der Waals surface area contributed by atoms with Crippen LogP contribution in [0, 0.1) is 12.7 Å². The van der Waals surface area contributed by atoms with Crippen molar-refractivity contribution in [3.05, 3.63) is 111 Å². The van der Waals surface area contributed by atoms with Crippen LogP contribution in [0.25, 0.3) is 12.2 Å². The fourth-order valence-corrected chi connectivity index (χ4v) is 3.96. The van der Waals surface area contributed by atoms with Gasteiger partial charge in [-0.05, 0) is 65.9 Å². The average molecular weight is 506 g/mol. The molecule has 33 heavy (non-hydrogen) atoms. The van der Waals surface area contributed by atoms with Gasteiger partial charge in [-0.1, -0.05) is 58.4 Å². The minimum atomic E-state index is -0.266. The summed E-state index contributed by atoms with van der Waals surface area (Å²) in [7, 11) is 1.97. The first-order chi connectivity index (χ1) is 16.0. The molecule has 3 aromatic carbocycles. The average Bonchev–Trinajstić information content (AvgIpc) is 3.27. The molecular weight excluding hydrogens is 481 g/mol. The van der Waals surface area contributed by atoms with Crippen LogP contribution in [-0.4, -0.2) is 23.8 Å². The van der Waals surface area contributed by atoms with E-state index in [1.165, 1.54) is 17.2 Å². The molecule has 0 fully saturated rings. The zero-order chi connectivity index (χ0) is 23.2. The summed E-state index contributed by atoms with van der Waals surface area (Å²) < 4.78 is 20.9. The second kappa shape index (κ2) is 10.6. The second-order valence-corrected chi connectivity index (χ2v) is 8.84. The second-order valence-electron chi connectivity index (χ2n) is 7.99. The lowest BCUT2D eigenvalue weighted by molar-refractivity contribution is 0.496. The smallest absolute Gasteiger partial charge is 0.240 e. The van der Waals surface area contributed by atoms with Crippen LogP contribution in [0.3, 0.4) is 0 Å². The van der Waals surface area contributed by atoms with E-state index in [0.29, 0.717) is 18.2 Å². The molecule has 0 unspecified atom stereocenters. The lowest BCUT2D eigenvalue weighted by atomic mass is 10.1. The van der Waals surface area contributed by atoms with Crippen molar-refractivity contribution < 1.29 is 8.81 Å². The van der Waals surface area contributed by atoms with Crippen LogP contribution in [0.2, 0.25) is 0 Å². The van der Waals surface area contributed by atoms with Crippen molar-refractivity contribution in [3.8, 4) is 0 Å². The zero-order valence-electron chi connectivity index (χ0n) is 18.6. The van der Waals surface area contributed by atoms with Crippen LogP contribution in [0.4, 0.5) is 10.1 Å². The molecule has 0 spiro atoms. The topological polar surface area (TPSA) is 42.2 Å². The van der Waals surface area contributed by atoms with Gasteiger partial charge in [0.15, 0.2) is 0 Å². The summed E-state index contributed by atoms with van der Waals surface area (Å²) in [5.74, 6) is 0.696. The van der Waals surface area contributed by atoms with E-state index in [0.717, 1.165) is 34.3 Å². The normalized spacial score (nSPS) is 11.3. The molecule has 0 N–H and O–H groups in total. The summed E-state index contributed by atoms with van der Waals surface area (Å²) in [6, 6.07) is 21.2. The molecule has 0 saturated heterocycles. The van der Waals surface area contributed by atoms with E-state index in [1.54, 1.807) is 18.2 Å². The molecule has 0 aliphatic heterocycles. The van der Waals surface area contributed by atoms with Crippen molar-refractivity contribution in [1.82, 2.24) is 10.2 Å². The number of benzene rings is 3. The predicted octanol–water partition coefficient (Wildman–Crippen LogP) is 6.72. The molecule has 168 valence electrons. The van der Waals surface area contributed by atoms with Gasteiger partial charge in [0.25, 0.3) is 0 Å². The van der Waals surface area contributed by atoms with Gasteiger partial charge in [-0.25, -0.2) is 4.39 Å². The largest absolute Gasteiger partial charge is 0.421 e. The molecule has 0 aliphatic carbocycles. The van der Waals surface area contributed by atoms with Crippen molar-refractivity contribution in [2.75, 3.05) is 18.5 Å². The SMILES string of the molecule is Cc1ccc(Cc2nnc(/C=C/c3ccc(F)cc3N(C)CCc3ccccc3)o2)cc1Br. The molecule has 0 saturated carbocycles. The fraction of sp³-hybridized carbons (Fsp3) is 0.185. The third-order valence-electron chi connectivity index (χ3n) is 5.46. The van der Waals surface area contributed by atoms with Crippen LogP contribution < -0.4 is 4.90 Å². The highest BCUT2D eigenvalue weighted by Gasteiger charge is 2.10. The highest BCUT2D eigenvalue weighted by atomic mass is 79.9. The molecule has 1 heterocycles. The Bertz CT molecular complexity index is 1250. The van der Waals surface area contributed by atoms with E-state index in [2.05, 4.69) is 61.4 Å². The van der Waals surface area contributed by atoms with Crippen LogP contribution in [0.5, 0.6) is 0 Å². The van der Waals surface area contributed by atoms with Crippen molar-refractivity contribution in [3.63, 3.8) is 0 Å². The van der Waals surface area contributed by atoms with E-state index in [1.807, 2.05) is 38.2 Å². The van der Waals surface area contributed by atoms with Crippen molar-refractivity contribution in [2.24, 2.45) is 0 Å². The maximum absolute atomic E-state index is 14.0. The number of hydrogen-bond acceptors (Lipinski definition) is 4. The number of likely N-dealkylation sites (N-methyl/N-ethyl adjacent to an activating group) is 1. The number of halogens is 2. The molecule has 1 aromatic heterocycles. The maximum atomic E-state index is 14.0. The molecule has 0 bridgehead atoms. The van der Waals surface area contributed by atoms with E-state index < -0.39 is 0 Å². The van der Waals surface area contributed by atoms with Gasteiger partial charge >= 0.3 is 0 Å². The van der Waals surface area contributed by atoms with Gasteiger partial charge in [0.1, 0.15) is 5.82 Å². The van der Waals surface area contributed by atoms with Gasteiger partial charge in [-0.3, -0.25) is 0 Å². The van der Waals surface area contributed by atoms with Gasteiger partial charge < -0.3 is 9.32 Å². The Balaban J connectivity index is 1.46. The number of anilines is 1. The summed E-state index contributed by atoms with van der Waals surface area (Å²) in [6.45, 7) is 2.82. The van der Waals surface area contributed by atoms with E-state index >= 15 is 0 Å². The lowest BCUT2D eigenvalue weighted by Gasteiger charge is -2.21. The van der Waals surface area contributed by atoms with Gasteiger partial charge in [0.2, 0.25) is 11.8 Å². The Morgan fingerprint density at radius 1 is 0.970 bits per heavy atom. The number of aromatic nitrogens is 2. The van der Waals surface area contributed by atoms with E-state index in [4.69, 9.17) is 4.42 Å². The third kappa shape index (κ3) is 6.17. The van der Waals surface area contributed by atoms with Crippen LogP contribution in [0.15, 0.2) is 75.6 Å². The van der Waals surface area contributed by atoms with Crippen LogP contribution >= 0.6 is 15.9 Å². The number of nitrogens with zero attached hydrogens (tertiary/aromatic N) is 3. The summed E-state index contributed by atoms with van der Waals surface area (Å²) >= 11 is 3.55. The number of aryl methyl sites for hydroxylation is 1. The molecule has 0 atom stereocenters. The van der Waals surface area contributed by atoms with Crippen LogP contribution in [-0.2, 0) is 12.8 Å². The van der Waals surface area contributed by atoms with Gasteiger partial charge in [-0.2, -0.15) is 0 Å². The quantitative estimate of drug-likeness (QED) is 0.266. The number of hydrogen-bond donors (Lipinski definition) is 0. The number of rotatable bonds is 8. The molecule has 4 nitrogen and oxygen atoms in total. The highest BCUT2D eigenvalue weighted by molar-refractivity contribution is 9.10. The van der Waals surface area contributed by atoms with Gasteiger partial charge in [-0.15, -0.1) is 10.2 Å². The lowest BCUT2D eigenvalue weighted by Crippen LogP contribution is -2.21. The third-order valence-corrected chi connectivity index (χ3v) is 6.32. The highest BCUT2D eigenvalue weighted by Crippen LogP contribution is 2.24. The molecular formula is C27H25BrFN3O. The fourth-order valence-electron chi connectivity index (χ4n) is 3.54.